The molecule has 8 heteroatoms. The van der Waals surface area contributed by atoms with Crippen molar-refractivity contribution in [3.8, 4) is 5.75 Å². The zero-order chi connectivity index (χ0) is 21.8. The number of aromatic nitrogens is 3. The lowest BCUT2D eigenvalue weighted by atomic mass is 9.99. The average molecular weight is 419 g/mol. The highest BCUT2D eigenvalue weighted by molar-refractivity contribution is 5.99. The number of hydrogen-bond acceptors (Lipinski definition) is 5. The maximum atomic E-state index is 12.7. The number of anilines is 1. The van der Waals surface area contributed by atoms with Gasteiger partial charge in [-0.3, -0.25) is 14.3 Å². The average Bonchev–Trinajstić information content (AvgIpc) is 3.41. The minimum atomic E-state index is -0.956. The molecule has 3 aliphatic rings. The lowest BCUT2D eigenvalue weighted by Gasteiger charge is -2.30. The van der Waals surface area contributed by atoms with Crippen LogP contribution in [0.25, 0.3) is 11.6 Å². The van der Waals surface area contributed by atoms with E-state index in [9.17, 15) is 9.59 Å². The summed E-state index contributed by atoms with van der Waals surface area (Å²) in [7, 11) is 1.96. The smallest absolute Gasteiger partial charge is 0.269 e. The lowest BCUT2D eigenvalue weighted by Crippen LogP contribution is -2.46. The van der Waals surface area contributed by atoms with Gasteiger partial charge < -0.3 is 15.0 Å². The van der Waals surface area contributed by atoms with E-state index < -0.39 is 5.60 Å². The van der Waals surface area contributed by atoms with Gasteiger partial charge in [0.15, 0.2) is 17.2 Å². The molecule has 31 heavy (non-hydrogen) atoms. The van der Waals surface area contributed by atoms with Crippen molar-refractivity contribution in [2.75, 3.05) is 18.4 Å². The van der Waals surface area contributed by atoms with E-state index >= 15 is 0 Å². The molecule has 4 heterocycles. The number of carbonyl (C=O) groups excluding carboxylic acids is 2. The minimum absolute atomic E-state index is 0.00263. The first-order valence-electron chi connectivity index (χ1n) is 10.5. The number of nitrogens with one attached hydrogen (secondary N) is 1. The van der Waals surface area contributed by atoms with Gasteiger partial charge in [-0.25, -0.2) is 4.98 Å². The third-order valence-electron chi connectivity index (χ3n) is 6.29. The topological polar surface area (TPSA) is 89.3 Å². The molecule has 2 aliphatic heterocycles. The van der Waals surface area contributed by atoms with Crippen LogP contribution in [0.1, 0.15) is 31.5 Å². The highest BCUT2D eigenvalue weighted by atomic mass is 16.5. The molecule has 2 unspecified atom stereocenters. The van der Waals surface area contributed by atoms with E-state index in [-0.39, 0.29) is 11.8 Å². The van der Waals surface area contributed by atoms with Gasteiger partial charge in [0, 0.05) is 38.6 Å². The van der Waals surface area contributed by atoms with E-state index in [0.29, 0.717) is 23.4 Å². The number of nitrogens with zero attached hydrogens (tertiary/aromatic N) is 4. The number of carbonyl (C=O) groups is 2. The van der Waals surface area contributed by atoms with E-state index in [1.54, 1.807) is 38.3 Å². The van der Waals surface area contributed by atoms with Crippen LogP contribution in [0.3, 0.4) is 0 Å². The van der Waals surface area contributed by atoms with Crippen LogP contribution in [-0.4, -0.2) is 50.2 Å². The molecule has 1 aliphatic carbocycles. The number of hydrogen-bond donors (Lipinski definition) is 1. The largest absolute Gasteiger partial charge is 0.474 e. The van der Waals surface area contributed by atoms with Gasteiger partial charge in [-0.05, 0) is 61.4 Å². The third-order valence-corrected chi connectivity index (χ3v) is 6.29. The molecule has 1 fully saturated rings. The lowest BCUT2D eigenvalue weighted by molar-refractivity contribution is -0.129. The Morgan fingerprint density at radius 3 is 2.94 bits per heavy atom. The Morgan fingerprint density at radius 1 is 1.35 bits per heavy atom. The summed E-state index contributed by atoms with van der Waals surface area (Å²) >= 11 is 0. The second-order valence-electron chi connectivity index (χ2n) is 8.92. The fourth-order valence-electron chi connectivity index (χ4n) is 4.54. The second kappa shape index (κ2) is 7.08. The van der Waals surface area contributed by atoms with Crippen molar-refractivity contribution in [1.29, 1.82) is 0 Å². The van der Waals surface area contributed by atoms with E-state index in [1.807, 2.05) is 28.9 Å². The zero-order valence-electron chi connectivity index (χ0n) is 17.8. The van der Waals surface area contributed by atoms with Crippen LogP contribution in [0, 0.1) is 11.8 Å². The summed E-state index contributed by atoms with van der Waals surface area (Å²) in [5.74, 6) is 1.53. The summed E-state index contributed by atoms with van der Waals surface area (Å²) in [6, 6.07) is 3.83. The van der Waals surface area contributed by atoms with E-state index in [4.69, 9.17) is 4.74 Å². The van der Waals surface area contributed by atoms with Crippen LogP contribution in [-0.2, 0) is 16.6 Å². The highest BCUT2D eigenvalue weighted by Gasteiger charge is 2.38. The Kier molecular flexibility index (Phi) is 4.46. The number of ether oxygens (including phenoxy) is 1. The molecule has 1 N–H and O–H groups in total. The molecule has 160 valence electrons. The monoisotopic (exact) mass is 419 g/mol. The molecule has 0 saturated carbocycles. The summed E-state index contributed by atoms with van der Waals surface area (Å²) in [6.07, 6.45) is 10.0. The van der Waals surface area contributed by atoms with E-state index in [1.165, 1.54) is 5.57 Å². The van der Waals surface area contributed by atoms with Gasteiger partial charge in [-0.2, -0.15) is 5.10 Å². The first-order valence-corrected chi connectivity index (χ1v) is 10.5. The Bertz CT molecular complexity index is 1130. The number of allylic oxidation sites excluding steroid dienone is 1. The Morgan fingerprint density at radius 2 is 2.19 bits per heavy atom. The molecule has 2 amide bonds. The van der Waals surface area contributed by atoms with Crippen molar-refractivity contribution in [1.82, 2.24) is 19.7 Å². The molecule has 0 aromatic carbocycles. The third kappa shape index (κ3) is 3.52. The van der Waals surface area contributed by atoms with Crippen LogP contribution in [0.4, 0.5) is 5.82 Å². The Labute approximate surface area is 180 Å². The van der Waals surface area contributed by atoms with Crippen LogP contribution in [0.2, 0.25) is 0 Å². The summed E-state index contributed by atoms with van der Waals surface area (Å²) < 4.78 is 7.67. The Hall–Kier alpha value is -3.42. The van der Waals surface area contributed by atoms with Crippen molar-refractivity contribution in [3.05, 3.63) is 47.9 Å². The molecule has 2 aromatic heterocycles. The zero-order valence-corrected chi connectivity index (χ0v) is 17.8. The van der Waals surface area contributed by atoms with Crippen LogP contribution >= 0.6 is 0 Å². The summed E-state index contributed by atoms with van der Waals surface area (Å²) in [5.41, 5.74) is 2.28. The van der Waals surface area contributed by atoms with Gasteiger partial charge in [0.25, 0.3) is 5.91 Å². The van der Waals surface area contributed by atoms with Crippen molar-refractivity contribution < 1.29 is 14.3 Å². The SMILES string of the molecule is Cn1nccc1C1=CC2CN(C(=O)/C=C/c3cnc4c(c3)OC(C)(C)C(=O)N4)CC2C1. The predicted molar refractivity (Wildman–Crippen MR) is 116 cm³/mol. The molecule has 0 spiro atoms. The number of rotatable bonds is 3. The predicted octanol–water partition coefficient (Wildman–Crippen LogP) is 2.50. The van der Waals surface area contributed by atoms with Crippen molar-refractivity contribution in [3.63, 3.8) is 0 Å². The summed E-state index contributed by atoms with van der Waals surface area (Å²) in [6.45, 7) is 4.91. The minimum Gasteiger partial charge on any atom is -0.474 e. The molecule has 2 aromatic rings. The van der Waals surface area contributed by atoms with Gasteiger partial charge in [0.05, 0.1) is 5.69 Å². The molecule has 1 saturated heterocycles. The summed E-state index contributed by atoms with van der Waals surface area (Å²) in [4.78, 5) is 30.9. The fraction of sp³-hybridized carbons (Fsp3) is 0.391. The first-order chi connectivity index (χ1) is 14.8. The molecule has 2 atom stereocenters. The Balaban J connectivity index is 1.25. The van der Waals surface area contributed by atoms with E-state index in [2.05, 4.69) is 21.5 Å². The van der Waals surface area contributed by atoms with Crippen LogP contribution < -0.4 is 10.1 Å². The van der Waals surface area contributed by atoms with Crippen LogP contribution in [0.5, 0.6) is 5.75 Å². The number of amides is 2. The van der Waals surface area contributed by atoms with E-state index in [0.717, 1.165) is 30.8 Å². The van der Waals surface area contributed by atoms with Gasteiger partial charge in [0.1, 0.15) is 0 Å². The first kappa shape index (κ1) is 19.5. The maximum Gasteiger partial charge on any atom is 0.269 e. The molecular weight excluding hydrogens is 394 g/mol. The standard InChI is InChI=1S/C23H25N5O3/c1-23(2)22(30)26-21-19(31-23)8-14(11-24-21)4-5-20(29)28-12-16-9-15(10-17(16)13-28)18-6-7-25-27(18)3/h4-9,11,16-17H,10,12-13H2,1-3H3,(H,24,26,30)/b5-4+. The number of fused-ring (bicyclic) bond motifs is 2. The molecule has 0 radical (unpaired) electrons. The molecule has 0 bridgehead atoms. The van der Waals surface area contributed by atoms with Crippen molar-refractivity contribution >= 4 is 29.3 Å². The van der Waals surface area contributed by atoms with Gasteiger partial charge >= 0.3 is 0 Å². The number of likely N-dealkylation sites (tertiary alicyclic amines) is 1. The van der Waals surface area contributed by atoms with Crippen LogP contribution in [0.15, 0.2) is 36.7 Å². The normalized spacial score (nSPS) is 23.9. The molecule has 8 nitrogen and oxygen atoms in total. The van der Waals surface area contributed by atoms with Gasteiger partial charge in [-0.1, -0.05) is 6.08 Å². The van der Waals surface area contributed by atoms with Crippen molar-refractivity contribution in [2.45, 2.75) is 25.9 Å². The van der Waals surface area contributed by atoms with Crippen molar-refractivity contribution in [2.24, 2.45) is 18.9 Å². The summed E-state index contributed by atoms with van der Waals surface area (Å²) in [5, 5.41) is 7.00. The maximum absolute atomic E-state index is 12.7. The van der Waals surface area contributed by atoms with Gasteiger partial charge in [0.2, 0.25) is 5.91 Å². The highest BCUT2D eigenvalue weighted by Crippen LogP contribution is 2.41. The fourth-order valence-corrected chi connectivity index (χ4v) is 4.54. The quantitative estimate of drug-likeness (QED) is 0.772. The molecule has 5 rings (SSSR count). The van der Waals surface area contributed by atoms with Gasteiger partial charge in [-0.15, -0.1) is 0 Å². The number of pyridine rings is 1. The second-order valence-corrected chi connectivity index (χ2v) is 8.92. The molecular formula is C23H25N5O3. The number of aryl methyl sites for hydroxylation is 1.